The number of H-pyrrole nitrogens is 1. The van der Waals surface area contributed by atoms with Crippen molar-refractivity contribution in [3.63, 3.8) is 0 Å². The molecule has 0 amide bonds. The molecule has 82 valence electrons. The molecule has 0 bridgehead atoms. The Hall–Kier alpha value is -1.97. The summed E-state index contributed by atoms with van der Waals surface area (Å²) >= 11 is 0. The number of phenolic OH excluding ortho intramolecular Hbond substituents is 1. The van der Waals surface area contributed by atoms with Gasteiger partial charge in [0.2, 0.25) is 0 Å². The predicted octanol–water partition coefficient (Wildman–Crippen LogP) is 1.36. The largest absolute Gasteiger partial charge is 0.508 e. The zero-order valence-electron chi connectivity index (χ0n) is 8.73. The summed E-state index contributed by atoms with van der Waals surface area (Å²) in [6.45, 7) is 0. The van der Waals surface area contributed by atoms with Gasteiger partial charge in [-0.25, -0.2) is 4.68 Å². The Labute approximate surface area is 92.1 Å². The molecule has 2 aromatic rings. The quantitative estimate of drug-likeness (QED) is 0.756. The summed E-state index contributed by atoms with van der Waals surface area (Å²) in [6, 6.07) is 6.60. The monoisotopic (exact) mass is 216 g/mol. The predicted molar refractivity (Wildman–Crippen MR) is 60.1 cm³/mol. The molecule has 0 fully saturated rings. The van der Waals surface area contributed by atoms with Crippen LogP contribution in [0, 0.1) is 0 Å². The summed E-state index contributed by atoms with van der Waals surface area (Å²) < 4.78 is 1.54. The van der Waals surface area contributed by atoms with E-state index in [1.165, 1.54) is 0 Å². The lowest BCUT2D eigenvalue weighted by Crippen LogP contribution is -2.16. The van der Waals surface area contributed by atoms with Crippen LogP contribution in [0.15, 0.2) is 29.1 Å². The third-order valence-corrected chi connectivity index (χ3v) is 3.03. The van der Waals surface area contributed by atoms with Crippen molar-refractivity contribution in [1.29, 1.82) is 0 Å². The van der Waals surface area contributed by atoms with Gasteiger partial charge in [-0.2, -0.15) is 0 Å². The van der Waals surface area contributed by atoms with Crippen molar-refractivity contribution in [3.8, 4) is 11.4 Å². The molecule has 0 radical (unpaired) electrons. The summed E-state index contributed by atoms with van der Waals surface area (Å²) in [6.07, 6.45) is 2.89. The highest BCUT2D eigenvalue weighted by molar-refractivity contribution is 5.38. The highest BCUT2D eigenvalue weighted by Gasteiger charge is 2.19. The number of fused-ring (bicyclic) bond motifs is 1. The molecule has 4 heteroatoms. The van der Waals surface area contributed by atoms with Gasteiger partial charge >= 0.3 is 0 Å². The maximum absolute atomic E-state index is 12.0. The van der Waals surface area contributed by atoms with Crippen LogP contribution < -0.4 is 5.56 Å². The molecule has 1 aliphatic rings. The average molecular weight is 216 g/mol. The zero-order chi connectivity index (χ0) is 11.1. The SMILES string of the molecule is O=c1c2c([nH]n1-c1ccc(O)cc1)CCC2. The van der Waals surface area contributed by atoms with E-state index >= 15 is 0 Å². The zero-order valence-corrected chi connectivity index (χ0v) is 8.73. The number of hydrogen-bond acceptors (Lipinski definition) is 2. The molecule has 0 spiro atoms. The van der Waals surface area contributed by atoms with Gasteiger partial charge in [0.25, 0.3) is 5.56 Å². The lowest BCUT2D eigenvalue weighted by atomic mass is 10.3. The van der Waals surface area contributed by atoms with Crippen LogP contribution in [0.1, 0.15) is 17.7 Å². The van der Waals surface area contributed by atoms with Crippen molar-refractivity contribution >= 4 is 0 Å². The standard InChI is InChI=1S/C12H12N2O2/c15-9-6-4-8(5-7-9)14-12(16)10-2-1-3-11(10)13-14/h4-7,13,15H,1-3H2. The number of phenols is 1. The molecule has 0 aliphatic heterocycles. The smallest absolute Gasteiger partial charge is 0.274 e. The Balaban J connectivity index is 2.14. The number of rotatable bonds is 1. The Morgan fingerprint density at radius 2 is 1.94 bits per heavy atom. The van der Waals surface area contributed by atoms with E-state index in [1.807, 2.05) is 0 Å². The number of aromatic hydroxyl groups is 1. The minimum Gasteiger partial charge on any atom is -0.508 e. The number of hydrogen-bond donors (Lipinski definition) is 2. The van der Waals surface area contributed by atoms with E-state index in [0.717, 1.165) is 36.2 Å². The molecule has 0 saturated carbocycles. The first-order valence-electron chi connectivity index (χ1n) is 5.38. The minimum absolute atomic E-state index is 0.0400. The van der Waals surface area contributed by atoms with Crippen LogP contribution in [0.4, 0.5) is 0 Å². The Morgan fingerprint density at radius 1 is 1.19 bits per heavy atom. The molecule has 0 saturated heterocycles. The van der Waals surface area contributed by atoms with E-state index in [9.17, 15) is 9.90 Å². The van der Waals surface area contributed by atoms with Crippen molar-refractivity contribution in [2.75, 3.05) is 0 Å². The van der Waals surface area contributed by atoms with E-state index < -0.39 is 0 Å². The number of nitrogens with one attached hydrogen (secondary N) is 1. The van der Waals surface area contributed by atoms with Crippen molar-refractivity contribution in [3.05, 3.63) is 45.9 Å². The van der Waals surface area contributed by atoms with Gasteiger partial charge in [-0.05, 0) is 43.5 Å². The third kappa shape index (κ3) is 1.26. The summed E-state index contributed by atoms with van der Waals surface area (Å²) in [5.74, 6) is 0.205. The van der Waals surface area contributed by atoms with Gasteiger partial charge in [-0.15, -0.1) is 0 Å². The Kier molecular flexibility index (Phi) is 1.89. The molecular weight excluding hydrogens is 204 g/mol. The number of nitrogens with zero attached hydrogens (tertiary/aromatic N) is 1. The van der Waals surface area contributed by atoms with Crippen LogP contribution in [0.2, 0.25) is 0 Å². The van der Waals surface area contributed by atoms with Crippen LogP contribution in [0.3, 0.4) is 0 Å². The third-order valence-electron chi connectivity index (χ3n) is 3.03. The highest BCUT2D eigenvalue weighted by atomic mass is 16.3. The van der Waals surface area contributed by atoms with E-state index in [0.29, 0.717) is 0 Å². The fourth-order valence-electron chi connectivity index (χ4n) is 2.21. The maximum Gasteiger partial charge on any atom is 0.274 e. The van der Waals surface area contributed by atoms with Gasteiger partial charge in [0.05, 0.1) is 5.69 Å². The van der Waals surface area contributed by atoms with Crippen LogP contribution in [0.25, 0.3) is 5.69 Å². The first kappa shape index (κ1) is 9.27. The van der Waals surface area contributed by atoms with Crippen molar-refractivity contribution in [2.45, 2.75) is 19.3 Å². The first-order chi connectivity index (χ1) is 7.75. The molecule has 16 heavy (non-hydrogen) atoms. The van der Waals surface area contributed by atoms with Crippen LogP contribution in [-0.4, -0.2) is 14.9 Å². The van der Waals surface area contributed by atoms with E-state index in [-0.39, 0.29) is 11.3 Å². The molecular formula is C12H12N2O2. The second-order valence-electron chi connectivity index (χ2n) is 4.08. The molecule has 1 heterocycles. The Morgan fingerprint density at radius 3 is 2.62 bits per heavy atom. The van der Waals surface area contributed by atoms with Gasteiger partial charge < -0.3 is 5.11 Å². The highest BCUT2D eigenvalue weighted by Crippen LogP contribution is 2.18. The fourth-order valence-corrected chi connectivity index (χ4v) is 2.21. The van der Waals surface area contributed by atoms with Gasteiger partial charge in [0.15, 0.2) is 0 Å². The van der Waals surface area contributed by atoms with Gasteiger partial charge in [0, 0.05) is 11.3 Å². The topological polar surface area (TPSA) is 58.0 Å². The van der Waals surface area contributed by atoms with E-state index in [2.05, 4.69) is 5.10 Å². The van der Waals surface area contributed by atoms with E-state index in [4.69, 9.17) is 0 Å². The van der Waals surface area contributed by atoms with Gasteiger partial charge in [0.1, 0.15) is 5.75 Å². The summed E-state index contributed by atoms with van der Waals surface area (Å²) in [5, 5.41) is 12.3. The van der Waals surface area contributed by atoms with E-state index in [1.54, 1.807) is 28.9 Å². The second kappa shape index (κ2) is 3.27. The molecule has 0 atom stereocenters. The second-order valence-corrected chi connectivity index (χ2v) is 4.08. The molecule has 2 N–H and O–H groups in total. The number of aromatic amines is 1. The number of aromatic nitrogens is 2. The van der Waals surface area contributed by atoms with Crippen LogP contribution in [-0.2, 0) is 12.8 Å². The van der Waals surface area contributed by atoms with Crippen molar-refractivity contribution < 1.29 is 5.11 Å². The molecule has 0 unspecified atom stereocenters. The lowest BCUT2D eigenvalue weighted by molar-refractivity contribution is 0.475. The normalized spacial score (nSPS) is 14.0. The number of benzene rings is 1. The van der Waals surface area contributed by atoms with Crippen molar-refractivity contribution in [1.82, 2.24) is 9.78 Å². The molecule has 1 aliphatic carbocycles. The van der Waals surface area contributed by atoms with Crippen molar-refractivity contribution in [2.24, 2.45) is 0 Å². The summed E-state index contributed by atoms with van der Waals surface area (Å²) in [4.78, 5) is 12.0. The van der Waals surface area contributed by atoms with Crippen LogP contribution in [0.5, 0.6) is 5.75 Å². The lowest BCUT2D eigenvalue weighted by Gasteiger charge is -2.02. The number of aryl methyl sites for hydroxylation is 1. The molecule has 4 nitrogen and oxygen atoms in total. The average Bonchev–Trinajstić information content (AvgIpc) is 2.84. The minimum atomic E-state index is 0.0400. The summed E-state index contributed by atoms with van der Waals surface area (Å²) in [5.41, 5.74) is 2.77. The fraction of sp³-hybridized carbons (Fsp3) is 0.250. The molecule has 1 aromatic carbocycles. The first-order valence-corrected chi connectivity index (χ1v) is 5.38. The Bertz CT molecular complexity index is 578. The van der Waals surface area contributed by atoms with Gasteiger partial charge in [-0.1, -0.05) is 0 Å². The summed E-state index contributed by atoms with van der Waals surface area (Å²) in [7, 11) is 0. The maximum atomic E-state index is 12.0. The van der Waals surface area contributed by atoms with Crippen LogP contribution >= 0.6 is 0 Å². The molecule has 3 rings (SSSR count). The van der Waals surface area contributed by atoms with Gasteiger partial charge in [-0.3, -0.25) is 9.89 Å². The molecule has 1 aromatic heterocycles.